The van der Waals surface area contributed by atoms with E-state index in [1.165, 1.54) is 24.3 Å². The zero-order valence-electron chi connectivity index (χ0n) is 9.49. The Hall–Kier alpha value is -1.59. The van der Waals surface area contributed by atoms with Crippen LogP contribution in [0.5, 0.6) is 11.5 Å². The number of benzene rings is 2. The highest BCUT2D eigenvalue weighted by molar-refractivity contribution is 9.10. The van der Waals surface area contributed by atoms with E-state index in [1.54, 1.807) is 12.1 Å². The van der Waals surface area contributed by atoms with Gasteiger partial charge < -0.3 is 10.5 Å². The first kappa shape index (κ1) is 13.8. The molecule has 2 aromatic rings. The molecular weight excluding hydrogens is 337 g/mol. The summed E-state index contributed by atoms with van der Waals surface area (Å²) in [5.74, 6) is -0.766. The minimum atomic E-state index is -0.712. The number of hydrogen-bond acceptors (Lipinski definition) is 2. The van der Waals surface area contributed by atoms with E-state index in [2.05, 4.69) is 15.9 Å². The summed E-state index contributed by atoms with van der Waals surface area (Å²) >= 11 is 9.04. The van der Waals surface area contributed by atoms with Gasteiger partial charge in [-0.3, -0.25) is 4.79 Å². The first-order chi connectivity index (χ1) is 8.97. The van der Waals surface area contributed by atoms with Crippen LogP contribution in [-0.4, -0.2) is 5.91 Å². The molecule has 3 nitrogen and oxygen atoms in total. The molecule has 0 spiro atoms. The maximum atomic E-state index is 13.2. The molecule has 0 aliphatic carbocycles. The van der Waals surface area contributed by atoms with Crippen LogP contribution in [0.15, 0.2) is 40.9 Å². The van der Waals surface area contributed by atoms with Gasteiger partial charge in [0.1, 0.15) is 22.9 Å². The molecule has 0 unspecified atom stereocenters. The fourth-order valence-electron chi connectivity index (χ4n) is 1.54. The molecule has 0 bridgehead atoms. The Balaban J connectivity index is 2.43. The summed E-state index contributed by atoms with van der Waals surface area (Å²) in [6.07, 6.45) is 0. The predicted molar refractivity (Wildman–Crippen MR) is 74.1 cm³/mol. The third-order valence-corrected chi connectivity index (χ3v) is 3.06. The molecule has 98 valence electrons. The highest BCUT2D eigenvalue weighted by Crippen LogP contribution is 2.31. The van der Waals surface area contributed by atoms with Gasteiger partial charge in [-0.2, -0.15) is 0 Å². The molecule has 6 heteroatoms. The van der Waals surface area contributed by atoms with Crippen molar-refractivity contribution in [2.75, 3.05) is 0 Å². The molecule has 0 saturated carbocycles. The van der Waals surface area contributed by atoms with E-state index in [0.717, 1.165) is 0 Å². The third kappa shape index (κ3) is 3.24. The second kappa shape index (κ2) is 5.59. The van der Waals surface area contributed by atoms with Crippen molar-refractivity contribution in [2.24, 2.45) is 5.73 Å². The lowest BCUT2D eigenvalue weighted by molar-refractivity contribution is 0.0998. The number of carbonyl (C=O) groups is 1. The lowest BCUT2D eigenvalue weighted by Gasteiger charge is -2.10. The Morgan fingerprint density at radius 3 is 2.68 bits per heavy atom. The third-order valence-electron chi connectivity index (χ3n) is 2.29. The first-order valence-electron chi connectivity index (χ1n) is 5.19. The smallest absolute Gasteiger partial charge is 0.254 e. The van der Waals surface area contributed by atoms with Crippen LogP contribution in [0.3, 0.4) is 0 Å². The molecule has 1 amide bonds. The monoisotopic (exact) mass is 343 g/mol. The van der Waals surface area contributed by atoms with E-state index in [0.29, 0.717) is 4.47 Å². The topological polar surface area (TPSA) is 52.3 Å². The molecule has 0 aliphatic rings. The molecule has 2 N–H and O–H groups in total. The standard InChI is InChI=1S/C13H8BrClFNO2/c14-7-4-8(16)6-9(5-7)19-11-3-1-2-10(15)12(11)13(17)18/h1-6H,(H2,17,18). The second-order valence-electron chi connectivity index (χ2n) is 3.68. The van der Waals surface area contributed by atoms with Crippen LogP contribution in [0.4, 0.5) is 4.39 Å². The van der Waals surface area contributed by atoms with Crippen LogP contribution in [0.25, 0.3) is 0 Å². The molecule has 0 aromatic heterocycles. The van der Waals surface area contributed by atoms with Crippen molar-refractivity contribution >= 4 is 33.4 Å². The van der Waals surface area contributed by atoms with E-state index in [1.807, 2.05) is 0 Å². The van der Waals surface area contributed by atoms with Crippen molar-refractivity contribution in [1.29, 1.82) is 0 Å². The Morgan fingerprint density at radius 2 is 2.05 bits per heavy atom. The van der Waals surface area contributed by atoms with Gasteiger partial charge in [-0.1, -0.05) is 33.6 Å². The van der Waals surface area contributed by atoms with Gasteiger partial charge in [-0.05, 0) is 24.3 Å². The SMILES string of the molecule is NC(=O)c1c(Cl)cccc1Oc1cc(F)cc(Br)c1. The second-order valence-corrected chi connectivity index (χ2v) is 5.01. The van der Waals surface area contributed by atoms with Crippen LogP contribution in [-0.2, 0) is 0 Å². The molecule has 0 heterocycles. The Kier molecular flexibility index (Phi) is 4.07. The highest BCUT2D eigenvalue weighted by atomic mass is 79.9. The molecule has 2 aromatic carbocycles. The first-order valence-corrected chi connectivity index (χ1v) is 6.37. The maximum Gasteiger partial charge on any atom is 0.254 e. The van der Waals surface area contributed by atoms with Crippen LogP contribution < -0.4 is 10.5 Å². The largest absolute Gasteiger partial charge is 0.456 e. The Bertz CT molecular complexity index is 628. The van der Waals surface area contributed by atoms with E-state index >= 15 is 0 Å². The van der Waals surface area contributed by atoms with Crippen molar-refractivity contribution in [3.05, 3.63) is 57.3 Å². The van der Waals surface area contributed by atoms with Gasteiger partial charge >= 0.3 is 0 Å². The van der Waals surface area contributed by atoms with E-state index in [9.17, 15) is 9.18 Å². The summed E-state index contributed by atoms with van der Waals surface area (Å²) in [6, 6.07) is 8.71. The highest BCUT2D eigenvalue weighted by Gasteiger charge is 2.14. The van der Waals surface area contributed by atoms with Gasteiger partial charge in [0.05, 0.1) is 5.02 Å². The van der Waals surface area contributed by atoms with Gasteiger partial charge in [-0.15, -0.1) is 0 Å². The zero-order valence-corrected chi connectivity index (χ0v) is 11.8. The Labute approximate surface area is 122 Å². The number of nitrogens with two attached hydrogens (primary N) is 1. The average molecular weight is 345 g/mol. The van der Waals surface area contributed by atoms with Gasteiger partial charge in [-0.25, -0.2) is 4.39 Å². The Morgan fingerprint density at radius 1 is 1.32 bits per heavy atom. The van der Waals surface area contributed by atoms with Gasteiger partial charge in [0, 0.05) is 10.5 Å². The summed E-state index contributed by atoms with van der Waals surface area (Å²) in [5.41, 5.74) is 5.30. The number of amides is 1. The molecule has 0 fully saturated rings. The summed E-state index contributed by atoms with van der Waals surface area (Å²) < 4.78 is 19.2. The summed E-state index contributed by atoms with van der Waals surface area (Å²) in [6.45, 7) is 0. The van der Waals surface area contributed by atoms with Gasteiger partial charge in [0.2, 0.25) is 0 Å². The molecular formula is C13H8BrClFNO2. The minimum absolute atomic E-state index is 0.0598. The molecule has 0 aliphatic heterocycles. The molecule has 0 atom stereocenters. The fraction of sp³-hybridized carbons (Fsp3) is 0. The lowest BCUT2D eigenvalue weighted by atomic mass is 10.2. The van der Waals surface area contributed by atoms with Crippen molar-refractivity contribution < 1.29 is 13.9 Å². The fourth-order valence-corrected chi connectivity index (χ4v) is 2.25. The molecule has 19 heavy (non-hydrogen) atoms. The van der Waals surface area contributed by atoms with E-state index in [-0.39, 0.29) is 22.1 Å². The molecule has 0 radical (unpaired) electrons. The molecule has 2 rings (SSSR count). The van der Waals surface area contributed by atoms with Crippen molar-refractivity contribution in [3.8, 4) is 11.5 Å². The summed E-state index contributed by atoms with van der Waals surface area (Å²) in [7, 11) is 0. The van der Waals surface area contributed by atoms with Crippen LogP contribution in [0.1, 0.15) is 10.4 Å². The van der Waals surface area contributed by atoms with E-state index < -0.39 is 11.7 Å². The van der Waals surface area contributed by atoms with Gasteiger partial charge in [0.15, 0.2) is 0 Å². The van der Waals surface area contributed by atoms with Crippen LogP contribution in [0, 0.1) is 5.82 Å². The number of ether oxygens (including phenoxy) is 1. The van der Waals surface area contributed by atoms with Crippen molar-refractivity contribution in [2.45, 2.75) is 0 Å². The maximum absolute atomic E-state index is 13.2. The number of halogens is 3. The normalized spacial score (nSPS) is 10.3. The quantitative estimate of drug-likeness (QED) is 0.910. The summed E-state index contributed by atoms with van der Waals surface area (Å²) in [4.78, 5) is 11.3. The minimum Gasteiger partial charge on any atom is -0.456 e. The number of primary amides is 1. The lowest BCUT2D eigenvalue weighted by Crippen LogP contribution is -2.12. The van der Waals surface area contributed by atoms with Crippen molar-refractivity contribution in [3.63, 3.8) is 0 Å². The number of hydrogen-bond donors (Lipinski definition) is 1. The number of rotatable bonds is 3. The van der Waals surface area contributed by atoms with Crippen molar-refractivity contribution in [1.82, 2.24) is 0 Å². The van der Waals surface area contributed by atoms with Crippen LogP contribution >= 0.6 is 27.5 Å². The predicted octanol–water partition coefficient (Wildman–Crippen LogP) is 4.13. The number of carbonyl (C=O) groups excluding carboxylic acids is 1. The zero-order chi connectivity index (χ0) is 14.0. The average Bonchev–Trinajstić information content (AvgIpc) is 2.26. The van der Waals surface area contributed by atoms with E-state index in [4.69, 9.17) is 22.1 Å². The summed E-state index contributed by atoms with van der Waals surface area (Å²) in [5, 5.41) is 0.181. The molecule has 0 saturated heterocycles. The van der Waals surface area contributed by atoms with Gasteiger partial charge in [0.25, 0.3) is 5.91 Å². The van der Waals surface area contributed by atoms with Crippen LogP contribution in [0.2, 0.25) is 5.02 Å².